The Morgan fingerprint density at radius 2 is 2.64 bits per heavy atom. The monoisotopic (exact) mass is 152 g/mol. The SMILES string of the molecule is N#CCc1cn[nH]c1[N+](=O)[O-]. The maximum atomic E-state index is 10.2. The minimum atomic E-state index is -0.598. The van der Waals surface area contributed by atoms with Crippen LogP contribution in [0.15, 0.2) is 6.20 Å². The predicted molar refractivity (Wildman–Crippen MR) is 34.6 cm³/mol. The Kier molecular flexibility index (Phi) is 1.83. The van der Waals surface area contributed by atoms with Crippen molar-refractivity contribution in [1.82, 2.24) is 10.2 Å². The summed E-state index contributed by atoms with van der Waals surface area (Å²) in [4.78, 5) is 9.59. The summed E-state index contributed by atoms with van der Waals surface area (Å²) < 4.78 is 0. The van der Waals surface area contributed by atoms with Gasteiger partial charge in [-0.3, -0.25) is 0 Å². The van der Waals surface area contributed by atoms with Crippen LogP contribution in [-0.2, 0) is 6.42 Å². The summed E-state index contributed by atoms with van der Waals surface area (Å²) in [5.74, 6) is -0.202. The molecule has 0 amide bonds. The Morgan fingerprint density at radius 3 is 3.18 bits per heavy atom. The average Bonchev–Trinajstić information content (AvgIpc) is 2.36. The first-order valence-electron chi connectivity index (χ1n) is 2.79. The third-order valence-corrected chi connectivity index (χ3v) is 1.15. The van der Waals surface area contributed by atoms with E-state index in [0.717, 1.165) is 0 Å². The molecule has 0 saturated heterocycles. The first kappa shape index (κ1) is 7.21. The Labute approximate surface area is 61.6 Å². The normalized spacial score (nSPS) is 9.00. The molecule has 1 heterocycles. The largest absolute Gasteiger partial charge is 0.358 e. The van der Waals surface area contributed by atoms with Gasteiger partial charge in [0.05, 0.1) is 24.3 Å². The second-order valence-electron chi connectivity index (χ2n) is 1.84. The highest BCUT2D eigenvalue weighted by molar-refractivity contribution is 5.31. The number of hydrogen-bond donors (Lipinski definition) is 1. The summed E-state index contributed by atoms with van der Waals surface area (Å²) >= 11 is 0. The number of aromatic nitrogens is 2. The van der Waals surface area contributed by atoms with Crippen LogP contribution >= 0.6 is 0 Å². The Balaban J connectivity index is 2.98. The van der Waals surface area contributed by atoms with Crippen LogP contribution in [0.2, 0.25) is 0 Å². The van der Waals surface area contributed by atoms with Crippen LogP contribution in [0.1, 0.15) is 5.56 Å². The molecule has 0 aromatic carbocycles. The van der Waals surface area contributed by atoms with Gasteiger partial charge in [0.15, 0.2) is 0 Å². The molecule has 1 aromatic heterocycles. The van der Waals surface area contributed by atoms with Gasteiger partial charge in [0.2, 0.25) is 0 Å². The van der Waals surface area contributed by atoms with Crippen molar-refractivity contribution in [1.29, 1.82) is 5.26 Å². The highest BCUT2D eigenvalue weighted by Crippen LogP contribution is 2.12. The second-order valence-corrected chi connectivity index (χ2v) is 1.84. The van der Waals surface area contributed by atoms with E-state index in [1.54, 1.807) is 6.07 Å². The van der Waals surface area contributed by atoms with Crippen LogP contribution in [0.25, 0.3) is 0 Å². The first-order chi connectivity index (χ1) is 5.25. The van der Waals surface area contributed by atoms with E-state index >= 15 is 0 Å². The molecule has 0 aliphatic heterocycles. The van der Waals surface area contributed by atoms with Crippen molar-refractivity contribution in [2.45, 2.75) is 6.42 Å². The van der Waals surface area contributed by atoms with Gasteiger partial charge in [0.1, 0.15) is 0 Å². The number of H-pyrrole nitrogens is 1. The Hall–Kier alpha value is -1.90. The molecule has 0 unspecified atom stereocenters. The van der Waals surface area contributed by atoms with Crippen molar-refractivity contribution >= 4 is 5.82 Å². The van der Waals surface area contributed by atoms with Crippen molar-refractivity contribution in [2.24, 2.45) is 0 Å². The van der Waals surface area contributed by atoms with E-state index in [-0.39, 0.29) is 12.2 Å². The number of rotatable bonds is 2. The molecule has 0 aliphatic carbocycles. The van der Waals surface area contributed by atoms with E-state index in [0.29, 0.717) is 5.56 Å². The molecule has 6 nitrogen and oxygen atoms in total. The minimum absolute atomic E-state index is 0.00676. The number of nitriles is 1. The maximum absolute atomic E-state index is 10.2. The van der Waals surface area contributed by atoms with Crippen LogP contribution in [-0.4, -0.2) is 15.1 Å². The van der Waals surface area contributed by atoms with Gasteiger partial charge in [-0.1, -0.05) is 5.10 Å². The Bertz CT molecular complexity index is 311. The van der Waals surface area contributed by atoms with Gasteiger partial charge >= 0.3 is 5.82 Å². The molecule has 1 aromatic rings. The summed E-state index contributed by atoms with van der Waals surface area (Å²) in [7, 11) is 0. The summed E-state index contributed by atoms with van der Waals surface area (Å²) in [6, 6.07) is 1.80. The van der Waals surface area contributed by atoms with Gasteiger partial charge in [0.25, 0.3) is 0 Å². The van der Waals surface area contributed by atoms with Gasteiger partial charge in [-0.25, -0.2) is 0 Å². The maximum Gasteiger partial charge on any atom is 0.346 e. The second kappa shape index (κ2) is 2.79. The summed E-state index contributed by atoms with van der Waals surface area (Å²) in [6.07, 6.45) is 1.29. The highest BCUT2D eigenvalue weighted by atomic mass is 16.6. The number of hydrogen-bond acceptors (Lipinski definition) is 4. The van der Waals surface area contributed by atoms with E-state index in [4.69, 9.17) is 5.26 Å². The zero-order chi connectivity index (χ0) is 8.27. The molecule has 0 radical (unpaired) electrons. The van der Waals surface area contributed by atoms with Gasteiger partial charge < -0.3 is 10.1 Å². The standard InChI is InChI=1S/C5H4N4O2/c6-2-1-4-3-7-8-5(4)9(10)11/h3H,1H2,(H,7,8). The van der Waals surface area contributed by atoms with Crippen LogP contribution in [0.3, 0.4) is 0 Å². The lowest BCUT2D eigenvalue weighted by Crippen LogP contribution is -1.92. The number of nitrogens with one attached hydrogen (secondary N) is 1. The van der Waals surface area contributed by atoms with Crippen LogP contribution < -0.4 is 0 Å². The smallest absolute Gasteiger partial charge is 0.346 e. The fourth-order valence-corrected chi connectivity index (χ4v) is 0.677. The molecular weight excluding hydrogens is 148 g/mol. The van der Waals surface area contributed by atoms with Gasteiger partial charge in [-0.15, -0.1) is 5.10 Å². The van der Waals surface area contributed by atoms with Gasteiger partial charge in [-0.05, 0) is 4.92 Å². The van der Waals surface area contributed by atoms with E-state index in [2.05, 4.69) is 10.2 Å². The lowest BCUT2D eigenvalue weighted by atomic mass is 10.2. The first-order valence-corrected chi connectivity index (χ1v) is 2.79. The Morgan fingerprint density at radius 1 is 1.91 bits per heavy atom. The third-order valence-electron chi connectivity index (χ3n) is 1.15. The zero-order valence-electron chi connectivity index (χ0n) is 5.44. The molecule has 0 atom stereocenters. The fraction of sp³-hybridized carbons (Fsp3) is 0.200. The molecule has 11 heavy (non-hydrogen) atoms. The molecule has 6 heteroatoms. The quantitative estimate of drug-likeness (QED) is 0.489. The zero-order valence-corrected chi connectivity index (χ0v) is 5.44. The number of nitro groups is 1. The summed E-state index contributed by atoms with van der Waals surface area (Å²) in [5.41, 5.74) is 0.317. The lowest BCUT2D eigenvalue weighted by Gasteiger charge is -1.89. The van der Waals surface area contributed by atoms with E-state index < -0.39 is 4.92 Å². The molecule has 0 aliphatic rings. The summed E-state index contributed by atoms with van der Waals surface area (Å²) in [5, 5.41) is 24.0. The van der Waals surface area contributed by atoms with Crippen molar-refractivity contribution < 1.29 is 4.92 Å². The number of nitrogens with zero attached hydrogens (tertiary/aromatic N) is 3. The fourth-order valence-electron chi connectivity index (χ4n) is 0.677. The molecule has 56 valence electrons. The van der Waals surface area contributed by atoms with E-state index in [9.17, 15) is 10.1 Å². The van der Waals surface area contributed by atoms with E-state index in [1.165, 1.54) is 6.20 Å². The molecule has 0 saturated carbocycles. The van der Waals surface area contributed by atoms with Gasteiger partial charge in [0, 0.05) is 0 Å². The molecule has 0 fully saturated rings. The summed E-state index contributed by atoms with van der Waals surface area (Å²) in [6.45, 7) is 0. The molecule has 1 N–H and O–H groups in total. The predicted octanol–water partition coefficient (Wildman–Crippen LogP) is 0.384. The average molecular weight is 152 g/mol. The number of aromatic amines is 1. The minimum Gasteiger partial charge on any atom is -0.358 e. The highest BCUT2D eigenvalue weighted by Gasteiger charge is 2.13. The molecule has 0 bridgehead atoms. The van der Waals surface area contributed by atoms with E-state index in [1.807, 2.05) is 0 Å². The van der Waals surface area contributed by atoms with Crippen molar-refractivity contribution in [3.8, 4) is 6.07 Å². The van der Waals surface area contributed by atoms with Crippen molar-refractivity contribution in [3.63, 3.8) is 0 Å². The topological polar surface area (TPSA) is 95.6 Å². The van der Waals surface area contributed by atoms with Crippen LogP contribution in [0.5, 0.6) is 0 Å². The van der Waals surface area contributed by atoms with Crippen LogP contribution in [0.4, 0.5) is 5.82 Å². The van der Waals surface area contributed by atoms with Gasteiger partial charge in [-0.2, -0.15) is 5.26 Å². The van der Waals surface area contributed by atoms with Crippen molar-refractivity contribution in [2.75, 3.05) is 0 Å². The molecular formula is C5H4N4O2. The van der Waals surface area contributed by atoms with Crippen molar-refractivity contribution in [3.05, 3.63) is 21.9 Å². The molecule has 0 spiro atoms. The lowest BCUT2D eigenvalue weighted by molar-refractivity contribution is -0.390. The molecule has 1 rings (SSSR count). The van der Waals surface area contributed by atoms with Crippen LogP contribution in [0, 0.1) is 21.4 Å². The third kappa shape index (κ3) is 1.32.